The molecule has 0 saturated heterocycles. The Bertz CT molecular complexity index is 207. The number of hydrogen-bond donors (Lipinski definition) is 1. The Labute approximate surface area is 112 Å². The molecule has 0 aromatic heterocycles. The minimum atomic E-state index is 0.550. The number of nitrogens with zero attached hydrogens (tertiary/aromatic N) is 1. The first kappa shape index (κ1) is 15.5. The van der Waals surface area contributed by atoms with E-state index in [1.165, 1.54) is 64.2 Å². The van der Waals surface area contributed by atoms with E-state index in [2.05, 4.69) is 17.4 Å². The maximum atomic E-state index is 4.75. The van der Waals surface area contributed by atoms with Crippen LogP contribution in [0.2, 0.25) is 0 Å². The topological polar surface area (TPSA) is 33.6 Å². The fourth-order valence-corrected chi connectivity index (χ4v) is 2.77. The predicted molar refractivity (Wildman–Crippen MR) is 78.3 cm³/mol. The molecule has 0 aromatic carbocycles. The van der Waals surface area contributed by atoms with E-state index < -0.39 is 0 Å². The maximum Gasteiger partial charge on any atom is 0.169 e. The number of hydrogen-bond acceptors (Lipinski definition) is 3. The molecule has 0 aliphatic heterocycles. The largest absolute Gasteiger partial charge is 0.487 e. The number of aliphatic imine (C=N–C) groups is 1. The zero-order chi connectivity index (χ0) is 13.1. The molecule has 3 heteroatoms. The van der Waals surface area contributed by atoms with Crippen LogP contribution in [0, 0.1) is 0 Å². The van der Waals surface area contributed by atoms with Gasteiger partial charge < -0.3 is 10.1 Å². The van der Waals surface area contributed by atoms with Crippen LogP contribution in [0.1, 0.15) is 64.2 Å². The highest BCUT2D eigenvalue weighted by molar-refractivity contribution is 5.46. The lowest BCUT2D eigenvalue weighted by atomic mass is 9.96. The lowest BCUT2D eigenvalue weighted by molar-refractivity contribution is 0.394. The van der Waals surface area contributed by atoms with E-state index in [0.29, 0.717) is 6.04 Å². The van der Waals surface area contributed by atoms with Gasteiger partial charge in [0.25, 0.3) is 0 Å². The summed E-state index contributed by atoms with van der Waals surface area (Å²) < 4.78 is 4.75. The van der Waals surface area contributed by atoms with Crippen molar-refractivity contribution in [2.75, 3.05) is 14.2 Å². The van der Waals surface area contributed by atoms with Gasteiger partial charge >= 0.3 is 0 Å². The Morgan fingerprint density at radius 3 is 1.94 bits per heavy atom. The molecule has 1 N–H and O–H groups in total. The van der Waals surface area contributed by atoms with E-state index in [0.717, 1.165) is 6.04 Å². The SMILES string of the molecule is CNC1CCCCC1.COC=NC1CCCCC1. The number of nitrogens with one attached hydrogen (secondary N) is 1. The molecule has 0 unspecified atom stereocenters. The zero-order valence-electron chi connectivity index (χ0n) is 12.2. The summed E-state index contributed by atoms with van der Waals surface area (Å²) in [5.74, 6) is 0. The van der Waals surface area contributed by atoms with Crippen LogP contribution in [-0.2, 0) is 4.74 Å². The van der Waals surface area contributed by atoms with Gasteiger partial charge in [-0.2, -0.15) is 0 Å². The van der Waals surface area contributed by atoms with Gasteiger partial charge in [-0.15, -0.1) is 0 Å². The molecule has 0 aromatic rings. The standard InChI is InChI=1S/C8H15NO.C7H15N/c1-10-7-9-8-5-3-2-4-6-8;1-8-7-5-3-2-4-6-7/h7-8H,2-6H2,1H3;7-8H,2-6H2,1H3. The third-order valence-electron chi connectivity index (χ3n) is 3.97. The second-order valence-corrected chi connectivity index (χ2v) is 5.41. The Morgan fingerprint density at radius 2 is 1.50 bits per heavy atom. The van der Waals surface area contributed by atoms with Gasteiger partial charge in [0.2, 0.25) is 0 Å². The van der Waals surface area contributed by atoms with E-state index in [4.69, 9.17) is 4.74 Å². The minimum Gasteiger partial charge on any atom is -0.487 e. The quantitative estimate of drug-likeness (QED) is 0.617. The molecular weight excluding hydrogens is 224 g/mol. The van der Waals surface area contributed by atoms with E-state index in [9.17, 15) is 0 Å². The molecule has 106 valence electrons. The van der Waals surface area contributed by atoms with Crippen LogP contribution < -0.4 is 5.32 Å². The van der Waals surface area contributed by atoms with E-state index >= 15 is 0 Å². The summed E-state index contributed by atoms with van der Waals surface area (Å²) in [7, 11) is 3.71. The highest BCUT2D eigenvalue weighted by Gasteiger charge is 2.10. The van der Waals surface area contributed by atoms with Gasteiger partial charge in [-0.25, -0.2) is 0 Å². The Morgan fingerprint density at radius 1 is 0.944 bits per heavy atom. The maximum absolute atomic E-state index is 4.75. The van der Waals surface area contributed by atoms with Crippen LogP contribution in [0.3, 0.4) is 0 Å². The molecule has 0 heterocycles. The smallest absolute Gasteiger partial charge is 0.169 e. The average molecular weight is 254 g/mol. The van der Waals surface area contributed by atoms with Gasteiger partial charge in [0.1, 0.15) is 0 Å². The fourth-order valence-electron chi connectivity index (χ4n) is 2.77. The van der Waals surface area contributed by atoms with Gasteiger partial charge in [0.05, 0.1) is 13.2 Å². The van der Waals surface area contributed by atoms with Crippen molar-refractivity contribution in [2.24, 2.45) is 4.99 Å². The van der Waals surface area contributed by atoms with Crippen molar-refractivity contribution in [3.8, 4) is 0 Å². The molecular formula is C15H30N2O. The van der Waals surface area contributed by atoms with Crippen molar-refractivity contribution < 1.29 is 4.74 Å². The first-order chi connectivity index (χ1) is 8.86. The average Bonchev–Trinajstić information content (AvgIpc) is 2.48. The summed E-state index contributed by atoms with van der Waals surface area (Å²) in [6.07, 6.45) is 15.3. The Hall–Kier alpha value is -0.570. The van der Waals surface area contributed by atoms with E-state index in [-0.39, 0.29) is 0 Å². The first-order valence-corrected chi connectivity index (χ1v) is 7.58. The van der Waals surface area contributed by atoms with Crippen LogP contribution in [0.15, 0.2) is 4.99 Å². The molecule has 0 radical (unpaired) electrons. The molecule has 2 saturated carbocycles. The molecule has 18 heavy (non-hydrogen) atoms. The number of methoxy groups -OCH3 is 1. The Kier molecular flexibility index (Phi) is 8.92. The van der Waals surface area contributed by atoms with Gasteiger partial charge in [0.15, 0.2) is 6.40 Å². The second-order valence-electron chi connectivity index (χ2n) is 5.41. The fraction of sp³-hybridized carbons (Fsp3) is 0.933. The van der Waals surface area contributed by atoms with Crippen LogP contribution >= 0.6 is 0 Å². The molecule has 2 rings (SSSR count). The number of ether oxygens (including phenoxy) is 1. The summed E-state index contributed by atoms with van der Waals surface area (Å²) in [6.45, 7) is 0. The molecule has 2 fully saturated rings. The number of rotatable bonds is 3. The Balaban J connectivity index is 0.000000184. The van der Waals surface area contributed by atoms with Crippen LogP contribution in [0.25, 0.3) is 0 Å². The summed E-state index contributed by atoms with van der Waals surface area (Å²) in [6, 6.07) is 1.39. The molecule has 0 spiro atoms. The van der Waals surface area contributed by atoms with Crippen molar-refractivity contribution >= 4 is 6.40 Å². The monoisotopic (exact) mass is 254 g/mol. The summed E-state index contributed by atoms with van der Waals surface area (Å²) >= 11 is 0. The zero-order valence-corrected chi connectivity index (χ0v) is 12.2. The predicted octanol–water partition coefficient (Wildman–Crippen LogP) is 3.53. The second kappa shape index (κ2) is 10.4. The third kappa shape index (κ3) is 7.00. The van der Waals surface area contributed by atoms with E-state index in [1.54, 1.807) is 13.5 Å². The highest BCUT2D eigenvalue weighted by Crippen LogP contribution is 2.19. The van der Waals surface area contributed by atoms with Crippen LogP contribution in [0.4, 0.5) is 0 Å². The lowest BCUT2D eigenvalue weighted by Crippen LogP contribution is -2.26. The molecule has 2 aliphatic carbocycles. The normalized spacial score (nSPS) is 22.6. The van der Waals surface area contributed by atoms with Crippen molar-refractivity contribution in [3.63, 3.8) is 0 Å². The highest BCUT2D eigenvalue weighted by atomic mass is 16.5. The van der Waals surface area contributed by atoms with Gasteiger partial charge in [0, 0.05) is 6.04 Å². The summed E-state index contributed by atoms with van der Waals surface area (Å²) in [4.78, 5) is 4.25. The van der Waals surface area contributed by atoms with Gasteiger partial charge in [-0.1, -0.05) is 38.5 Å². The third-order valence-corrected chi connectivity index (χ3v) is 3.97. The van der Waals surface area contributed by atoms with Gasteiger partial charge in [-0.3, -0.25) is 4.99 Å². The minimum absolute atomic E-state index is 0.550. The van der Waals surface area contributed by atoms with Crippen molar-refractivity contribution in [1.29, 1.82) is 0 Å². The molecule has 0 atom stereocenters. The van der Waals surface area contributed by atoms with E-state index in [1.807, 2.05) is 0 Å². The molecule has 3 nitrogen and oxygen atoms in total. The van der Waals surface area contributed by atoms with Gasteiger partial charge in [-0.05, 0) is 32.7 Å². The molecule has 0 amide bonds. The summed E-state index contributed by atoms with van der Waals surface area (Å²) in [5, 5.41) is 3.30. The summed E-state index contributed by atoms with van der Waals surface area (Å²) in [5.41, 5.74) is 0. The lowest BCUT2D eigenvalue weighted by Gasteiger charge is -2.20. The van der Waals surface area contributed by atoms with Crippen LogP contribution in [0.5, 0.6) is 0 Å². The van der Waals surface area contributed by atoms with Crippen molar-refractivity contribution in [2.45, 2.75) is 76.3 Å². The first-order valence-electron chi connectivity index (χ1n) is 7.58. The van der Waals surface area contributed by atoms with Crippen molar-refractivity contribution in [3.05, 3.63) is 0 Å². The van der Waals surface area contributed by atoms with Crippen LogP contribution in [-0.4, -0.2) is 32.6 Å². The van der Waals surface area contributed by atoms with Crippen molar-refractivity contribution in [1.82, 2.24) is 5.32 Å². The molecule has 0 bridgehead atoms. The molecule has 2 aliphatic rings.